The molecule has 1 atom stereocenters. The lowest BCUT2D eigenvalue weighted by Gasteiger charge is -2.28. The molecule has 5 nitrogen and oxygen atoms in total. The van der Waals surface area contributed by atoms with E-state index in [1.807, 2.05) is 33.8 Å². The SMILES string of the molecule is CCN([C@H]1CCS(=O)(=O)C1)S(=O)(=O)c1c(C)c(C)cc(C)c1C. The minimum absolute atomic E-state index is 0.0640. The van der Waals surface area contributed by atoms with Crippen molar-refractivity contribution in [1.29, 1.82) is 0 Å². The van der Waals surface area contributed by atoms with Crippen LogP contribution in [0.2, 0.25) is 0 Å². The van der Waals surface area contributed by atoms with E-state index in [0.717, 1.165) is 22.3 Å². The molecular weight excluding hydrogens is 334 g/mol. The lowest BCUT2D eigenvalue weighted by Crippen LogP contribution is -2.41. The Morgan fingerprint density at radius 1 is 1.13 bits per heavy atom. The molecule has 0 unspecified atom stereocenters. The maximum Gasteiger partial charge on any atom is 0.243 e. The smallest absolute Gasteiger partial charge is 0.229 e. The van der Waals surface area contributed by atoms with E-state index in [0.29, 0.717) is 11.3 Å². The van der Waals surface area contributed by atoms with Crippen molar-refractivity contribution in [2.75, 3.05) is 18.1 Å². The highest BCUT2D eigenvalue weighted by molar-refractivity contribution is 7.92. The number of sulfonamides is 1. The second-order valence-corrected chi connectivity index (χ2v) is 10.4. The molecule has 130 valence electrons. The van der Waals surface area contributed by atoms with Gasteiger partial charge in [-0.25, -0.2) is 16.8 Å². The molecule has 0 amide bonds. The normalized spacial score (nSPS) is 21.0. The molecule has 0 radical (unpaired) electrons. The average Bonchev–Trinajstić information content (AvgIpc) is 2.77. The van der Waals surface area contributed by atoms with Crippen LogP contribution in [0.5, 0.6) is 0 Å². The second-order valence-electron chi connectivity index (χ2n) is 6.35. The highest BCUT2D eigenvalue weighted by Crippen LogP contribution is 2.31. The van der Waals surface area contributed by atoms with Gasteiger partial charge in [0, 0.05) is 12.6 Å². The van der Waals surface area contributed by atoms with Crippen molar-refractivity contribution in [1.82, 2.24) is 4.31 Å². The van der Waals surface area contributed by atoms with Crippen LogP contribution in [0.1, 0.15) is 35.6 Å². The summed E-state index contributed by atoms with van der Waals surface area (Å²) in [5, 5.41) is 0. The molecular formula is C16H25NO4S2. The summed E-state index contributed by atoms with van der Waals surface area (Å²) < 4.78 is 51.3. The van der Waals surface area contributed by atoms with E-state index >= 15 is 0 Å². The minimum atomic E-state index is -3.72. The zero-order valence-corrected chi connectivity index (χ0v) is 16.0. The number of hydrogen-bond donors (Lipinski definition) is 0. The summed E-state index contributed by atoms with van der Waals surface area (Å²) in [7, 11) is -6.86. The highest BCUT2D eigenvalue weighted by Gasteiger charge is 2.39. The van der Waals surface area contributed by atoms with Crippen LogP contribution in [-0.4, -0.2) is 45.2 Å². The molecule has 0 N–H and O–H groups in total. The zero-order valence-electron chi connectivity index (χ0n) is 14.4. The molecule has 0 spiro atoms. The third kappa shape index (κ3) is 3.32. The Hall–Kier alpha value is -0.920. The van der Waals surface area contributed by atoms with Gasteiger partial charge in [-0.2, -0.15) is 4.31 Å². The van der Waals surface area contributed by atoms with Crippen LogP contribution in [0.25, 0.3) is 0 Å². The summed E-state index contributed by atoms with van der Waals surface area (Å²) in [5.74, 6) is -0.0164. The summed E-state index contributed by atoms with van der Waals surface area (Å²) in [5.41, 5.74) is 3.35. The van der Waals surface area contributed by atoms with Crippen LogP contribution in [0.4, 0.5) is 0 Å². The monoisotopic (exact) mass is 359 g/mol. The van der Waals surface area contributed by atoms with Crippen LogP contribution in [0.3, 0.4) is 0 Å². The van der Waals surface area contributed by atoms with Gasteiger partial charge in [0.1, 0.15) is 0 Å². The van der Waals surface area contributed by atoms with Gasteiger partial charge in [0.05, 0.1) is 16.4 Å². The molecule has 23 heavy (non-hydrogen) atoms. The van der Waals surface area contributed by atoms with Crippen molar-refractivity contribution >= 4 is 19.9 Å². The van der Waals surface area contributed by atoms with Gasteiger partial charge in [-0.3, -0.25) is 0 Å². The van der Waals surface area contributed by atoms with Crippen LogP contribution >= 0.6 is 0 Å². The summed E-state index contributed by atoms with van der Waals surface area (Å²) in [4.78, 5) is 0.334. The van der Waals surface area contributed by atoms with E-state index in [1.54, 1.807) is 6.92 Å². The van der Waals surface area contributed by atoms with Crippen molar-refractivity contribution in [2.45, 2.75) is 52.0 Å². The molecule has 1 heterocycles. The summed E-state index contributed by atoms with van der Waals surface area (Å²) in [6, 6.07) is 1.52. The molecule has 2 rings (SSSR count). The Morgan fingerprint density at radius 2 is 1.65 bits per heavy atom. The number of aryl methyl sites for hydroxylation is 2. The fourth-order valence-corrected chi connectivity index (χ4v) is 7.38. The molecule has 0 saturated carbocycles. The quantitative estimate of drug-likeness (QED) is 0.825. The van der Waals surface area contributed by atoms with E-state index in [4.69, 9.17) is 0 Å². The Bertz CT molecular complexity index is 800. The summed E-state index contributed by atoms with van der Waals surface area (Å²) in [6.07, 6.45) is 0.373. The van der Waals surface area contributed by atoms with Crippen LogP contribution < -0.4 is 0 Å². The molecule has 0 aliphatic carbocycles. The minimum Gasteiger partial charge on any atom is -0.229 e. The van der Waals surface area contributed by atoms with Crippen LogP contribution in [0.15, 0.2) is 11.0 Å². The van der Waals surface area contributed by atoms with Gasteiger partial charge in [0.25, 0.3) is 0 Å². The zero-order chi connectivity index (χ0) is 17.6. The molecule has 1 saturated heterocycles. The van der Waals surface area contributed by atoms with Gasteiger partial charge >= 0.3 is 0 Å². The Morgan fingerprint density at radius 3 is 2.04 bits per heavy atom. The van der Waals surface area contributed by atoms with E-state index in [-0.39, 0.29) is 18.1 Å². The Labute approximate surface area is 139 Å². The van der Waals surface area contributed by atoms with E-state index in [2.05, 4.69) is 0 Å². The molecule has 0 bridgehead atoms. The first kappa shape index (κ1) is 18.4. The third-order valence-electron chi connectivity index (χ3n) is 4.79. The highest BCUT2D eigenvalue weighted by atomic mass is 32.2. The fourth-order valence-electron chi connectivity index (χ4n) is 3.31. The average molecular weight is 360 g/mol. The lowest BCUT2D eigenvalue weighted by atomic mass is 10.0. The van der Waals surface area contributed by atoms with Gasteiger partial charge in [-0.15, -0.1) is 0 Å². The molecule has 1 aliphatic rings. The maximum absolute atomic E-state index is 13.2. The van der Waals surface area contributed by atoms with Crippen LogP contribution in [-0.2, 0) is 19.9 Å². The second kappa shape index (κ2) is 6.18. The number of benzene rings is 1. The van der Waals surface area contributed by atoms with Crippen molar-refractivity contribution < 1.29 is 16.8 Å². The van der Waals surface area contributed by atoms with E-state index in [1.165, 1.54) is 4.31 Å². The lowest BCUT2D eigenvalue weighted by molar-refractivity contribution is 0.354. The van der Waals surface area contributed by atoms with E-state index in [9.17, 15) is 16.8 Å². The van der Waals surface area contributed by atoms with Gasteiger partial charge in [0.15, 0.2) is 9.84 Å². The summed E-state index contributed by atoms with van der Waals surface area (Å²) in [6.45, 7) is 9.46. The predicted molar refractivity (Wildman–Crippen MR) is 92.0 cm³/mol. The standard InChI is InChI=1S/C16H25NO4S2/c1-6-17(15-7-8-22(18,19)10-15)23(20,21)16-13(4)11(2)9-12(3)14(16)5/h9,15H,6-8,10H2,1-5H3/t15-/m0/s1. The van der Waals surface area contributed by atoms with Gasteiger partial charge in [-0.05, 0) is 56.4 Å². The van der Waals surface area contributed by atoms with Crippen molar-refractivity contribution in [3.05, 3.63) is 28.3 Å². The Kier molecular flexibility index (Phi) is 4.95. The number of rotatable bonds is 4. The first-order valence-electron chi connectivity index (χ1n) is 7.81. The van der Waals surface area contributed by atoms with Gasteiger partial charge in [-0.1, -0.05) is 13.0 Å². The number of sulfone groups is 1. The maximum atomic E-state index is 13.2. The van der Waals surface area contributed by atoms with Crippen molar-refractivity contribution in [2.24, 2.45) is 0 Å². The third-order valence-corrected chi connectivity index (χ3v) is 8.84. The first-order chi connectivity index (χ1) is 10.5. The Balaban J connectivity index is 2.57. The topological polar surface area (TPSA) is 71.5 Å². The molecule has 1 aromatic rings. The first-order valence-corrected chi connectivity index (χ1v) is 11.1. The largest absolute Gasteiger partial charge is 0.243 e. The van der Waals surface area contributed by atoms with Crippen molar-refractivity contribution in [3.63, 3.8) is 0 Å². The fraction of sp³-hybridized carbons (Fsp3) is 0.625. The van der Waals surface area contributed by atoms with Gasteiger partial charge in [0.2, 0.25) is 10.0 Å². The molecule has 0 aromatic heterocycles. The van der Waals surface area contributed by atoms with Gasteiger partial charge < -0.3 is 0 Å². The molecule has 1 aliphatic heterocycles. The number of hydrogen-bond acceptors (Lipinski definition) is 4. The molecule has 1 aromatic carbocycles. The predicted octanol–water partition coefficient (Wildman–Crippen LogP) is 2.12. The molecule has 1 fully saturated rings. The number of nitrogens with zero attached hydrogens (tertiary/aromatic N) is 1. The summed E-state index contributed by atoms with van der Waals surface area (Å²) >= 11 is 0. The van der Waals surface area contributed by atoms with Crippen molar-refractivity contribution in [3.8, 4) is 0 Å². The van der Waals surface area contributed by atoms with Crippen LogP contribution in [0, 0.1) is 27.7 Å². The molecule has 7 heteroatoms. The van der Waals surface area contributed by atoms with E-state index < -0.39 is 25.9 Å².